The van der Waals surface area contributed by atoms with Crippen LogP contribution in [-0.2, 0) is 0 Å². The van der Waals surface area contributed by atoms with Gasteiger partial charge in [-0.25, -0.2) is 0 Å². The number of rotatable bonds is 1. The molecule has 2 atom stereocenters. The van der Waals surface area contributed by atoms with Crippen molar-refractivity contribution in [2.24, 2.45) is 10.9 Å². The maximum atomic E-state index is 9.90. The summed E-state index contributed by atoms with van der Waals surface area (Å²) in [5.74, 6) is 0.679. The molecule has 3 nitrogen and oxygen atoms in total. The number of para-hydroxylation sites is 1. The van der Waals surface area contributed by atoms with Crippen LogP contribution in [0, 0.1) is 17.2 Å². The molecule has 1 aromatic carbocycles. The molecule has 1 N–H and O–H groups in total. The number of phenolic OH excluding ortho intramolecular Hbond substituents is 1. The van der Waals surface area contributed by atoms with E-state index < -0.39 is 5.54 Å². The monoisotopic (exact) mass is 240 g/mol. The smallest absolute Gasteiger partial charge is 0.150 e. The molecule has 1 aliphatic carbocycles. The second kappa shape index (κ2) is 4.13. The maximum absolute atomic E-state index is 9.90. The molecule has 92 valence electrons. The third-order valence-corrected chi connectivity index (χ3v) is 4.26. The van der Waals surface area contributed by atoms with Crippen LogP contribution in [0.4, 0.5) is 0 Å². The van der Waals surface area contributed by atoms with Crippen molar-refractivity contribution in [1.82, 2.24) is 0 Å². The molecule has 18 heavy (non-hydrogen) atoms. The summed E-state index contributed by atoms with van der Waals surface area (Å²) in [6.45, 7) is 0. The number of aromatic hydroxyl groups is 1. The molecule has 1 aliphatic heterocycles. The molecule has 0 bridgehead atoms. The number of hydrogen-bond donors (Lipinski definition) is 1. The zero-order valence-corrected chi connectivity index (χ0v) is 10.3. The molecule has 0 radical (unpaired) electrons. The van der Waals surface area contributed by atoms with Crippen molar-refractivity contribution in [3.05, 3.63) is 29.8 Å². The van der Waals surface area contributed by atoms with Crippen LogP contribution in [0.25, 0.3) is 0 Å². The number of nitrogens with zero attached hydrogens (tertiary/aromatic N) is 2. The van der Waals surface area contributed by atoms with Gasteiger partial charge in [0, 0.05) is 11.3 Å². The first-order valence-electron chi connectivity index (χ1n) is 6.53. The second-order valence-electron chi connectivity index (χ2n) is 5.24. The van der Waals surface area contributed by atoms with Crippen molar-refractivity contribution in [3.63, 3.8) is 0 Å². The van der Waals surface area contributed by atoms with E-state index >= 15 is 0 Å². The van der Waals surface area contributed by atoms with Gasteiger partial charge in [0.05, 0.1) is 6.07 Å². The van der Waals surface area contributed by atoms with Crippen LogP contribution in [-0.4, -0.2) is 16.4 Å². The molecule has 0 aromatic heterocycles. The zero-order chi connectivity index (χ0) is 12.6. The first-order chi connectivity index (χ1) is 8.75. The first-order valence-corrected chi connectivity index (χ1v) is 6.53. The normalized spacial score (nSPS) is 30.4. The summed E-state index contributed by atoms with van der Waals surface area (Å²) in [5, 5.41) is 19.4. The number of aliphatic imine (C=N–C) groups is 1. The number of phenols is 1. The summed E-state index contributed by atoms with van der Waals surface area (Å²) in [7, 11) is 0. The van der Waals surface area contributed by atoms with Crippen molar-refractivity contribution in [2.75, 3.05) is 0 Å². The standard InChI is InChI=1S/C15H16N2O/c16-10-15-9-3-4-11(15)7-8-13(17-15)12-5-1-2-6-14(12)18/h1-2,5-6,11,18H,3-4,7-9H2/t11-,15-/m1/s1. The van der Waals surface area contributed by atoms with Gasteiger partial charge >= 0.3 is 0 Å². The molecule has 3 heteroatoms. The van der Waals surface area contributed by atoms with Gasteiger partial charge in [0.2, 0.25) is 0 Å². The Balaban J connectivity index is 2.05. The minimum atomic E-state index is -0.518. The lowest BCUT2D eigenvalue weighted by molar-refractivity contribution is 0.364. The fraction of sp³-hybridized carbons (Fsp3) is 0.467. The Morgan fingerprint density at radius 2 is 2.17 bits per heavy atom. The van der Waals surface area contributed by atoms with Gasteiger partial charge in [-0.3, -0.25) is 4.99 Å². The fourth-order valence-corrected chi connectivity index (χ4v) is 3.28. The average molecular weight is 240 g/mol. The average Bonchev–Trinajstić information content (AvgIpc) is 2.82. The molecule has 0 amide bonds. The zero-order valence-electron chi connectivity index (χ0n) is 10.3. The molecule has 0 spiro atoms. The van der Waals surface area contributed by atoms with Gasteiger partial charge in [-0.05, 0) is 50.2 Å². The summed E-state index contributed by atoms with van der Waals surface area (Å²) in [6.07, 6.45) is 4.96. The number of hydrogen-bond acceptors (Lipinski definition) is 3. The lowest BCUT2D eigenvalue weighted by Gasteiger charge is -2.30. The molecule has 2 aliphatic rings. The third kappa shape index (κ3) is 1.60. The van der Waals surface area contributed by atoms with E-state index in [2.05, 4.69) is 6.07 Å². The Hall–Kier alpha value is -1.82. The molecule has 0 saturated heterocycles. The van der Waals surface area contributed by atoms with Crippen LogP contribution in [0.15, 0.2) is 29.3 Å². The maximum Gasteiger partial charge on any atom is 0.150 e. The van der Waals surface area contributed by atoms with Crippen LogP contribution >= 0.6 is 0 Å². The van der Waals surface area contributed by atoms with Gasteiger partial charge in [0.25, 0.3) is 0 Å². The predicted octanol–water partition coefficient (Wildman–Crippen LogP) is 3.04. The topological polar surface area (TPSA) is 56.4 Å². The van der Waals surface area contributed by atoms with Crippen molar-refractivity contribution in [3.8, 4) is 11.8 Å². The van der Waals surface area contributed by atoms with E-state index in [1.54, 1.807) is 12.1 Å². The van der Waals surface area contributed by atoms with E-state index in [4.69, 9.17) is 4.99 Å². The van der Waals surface area contributed by atoms with E-state index in [9.17, 15) is 10.4 Å². The van der Waals surface area contributed by atoms with Crippen molar-refractivity contribution >= 4 is 5.71 Å². The Kier molecular flexibility index (Phi) is 2.59. The molecule has 1 heterocycles. The molecule has 1 fully saturated rings. The van der Waals surface area contributed by atoms with Gasteiger partial charge in [0.1, 0.15) is 11.3 Å². The van der Waals surface area contributed by atoms with E-state index in [0.717, 1.165) is 43.4 Å². The summed E-state index contributed by atoms with van der Waals surface area (Å²) in [5.41, 5.74) is 1.17. The minimum Gasteiger partial charge on any atom is -0.507 e. The van der Waals surface area contributed by atoms with Crippen molar-refractivity contribution in [1.29, 1.82) is 5.26 Å². The van der Waals surface area contributed by atoms with Gasteiger partial charge < -0.3 is 5.11 Å². The van der Waals surface area contributed by atoms with Gasteiger partial charge in [0.15, 0.2) is 0 Å². The summed E-state index contributed by atoms with van der Waals surface area (Å²) < 4.78 is 0. The number of benzene rings is 1. The lowest BCUT2D eigenvalue weighted by Crippen LogP contribution is -2.35. The summed E-state index contributed by atoms with van der Waals surface area (Å²) in [6, 6.07) is 9.70. The highest BCUT2D eigenvalue weighted by Gasteiger charge is 2.45. The molecular weight excluding hydrogens is 224 g/mol. The van der Waals surface area contributed by atoms with E-state index in [0.29, 0.717) is 5.92 Å². The third-order valence-electron chi connectivity index (χ3n) is 4.26. The van der Waals surface area contributed by atoms with Crippen molar-refractivity contribution < 1.29 is 5.11 Å². The van der Waals surface area contributed by atoms with Crippen LogP contribution in [0.3, 0.4) is 0 Å². The molecule has 1 saturated carbocycles. The fourth-order valence-electron chi connectivity index (χ4n) is 3.28. The summed E-state index contributed by atoms with van der Waals surface area (Å²) >= 11 is 0. The Bertz CT molecular complexity index is 544. The molecular formula is C15H16N2O. The van der Waals surface area contributed by atoms with Gasteiger partial charge in [-0.1, -0.05) is 12.1 Å². The van der Waals surface area contributed by atoms with Gasteiger partial charge in [-0.2, -0.15) is 5.26 Å². The highest BCUT2D eigenvalue weighted by Crippen LogP contribution is 2.45. The number of fused-ring (bicyclic) bond motifs is 1. The molecule has 3 rings (SSSR count). The lowest BCUT2D eigenvalue weighted by atomic mass is 9.81. The van der Waals surface area contributed by atoms with Gasteiger partial charge in [-0.15, -0.1) is 0 Å². The van der Waals surface area contributed by atoms with E-state index in [-0.39, 0.29) is 5.75 Å². The molecule has 1 aromatic rings. The van der Waals surface area contributed by atoms with E-state index in [1.165, 1.54) is 0 Å². The van der Waals surface area contributed by atoms with E-state index in [1.807, 2.05) is 12.1 Å². The first kappa shape index (κ1) is 11.3. The van der Waals surface area contributed by atoms with Crippen LogP contribution in [0.5, 0.6) is 5.75 Å². The highest BCUT2D eigenvalue weighted by molar-refractivity contribution is 6.03. The van der Waals surface area contributed by atoms with Crippen LogP contribution in [0.1, 0.15) is 37.7 Å². The Labute approximate surface area is 107 Å². The van der Waals surface area contributed by atoms with Crippen molar-refractivity contribution in [2.45, 2.75) is 37.6 Å². The Morgan fingerprint density at radius 1 is 1.33 bits per heavy atom. The highest BCUT2D eigenvalue weighted by atomic mass is 16.3. The van der Waals surface area contributed by atoms with Crippen LogP contribution in [0.2, 0.25) is 0 Å². The summed E-state index contributed by atoms with van der Waals surface area (Å²) in [4.78, 5) is 4.72. The molecule has 0 unspecified atom stereocenters. The number of nitriles is 1. The Morgan fingerprint density at radius 3 is 2.94 bits per heavy atom. The quantitative estimate of drug-likeness (QED) is 0.820. The predicted molar refractivity (Wildman–Crippen MR) is 69.6 cm³/mol. The minimum absolute atomic E-state index is 0.265. The SMILES string of the molecule is N#C[C@]12CCC[C@@H]1CCC(c1ccccc1O)=N2. The van der Waals surface area contributed by atoms with Crippen LogP contribution < -0.4 is 0 Å². The second-order valence-corrected chi connectivity index (χ2v) is 5.24. The largest absolute Gasteiger partial charge is 0.507 e.